The second-order valence-corrected chi connectivity index (χ2v) is 4.07. The fourth-order valence-corrected chi connectivity index (χ4v) is 1.31. The van der Waals surface area contributed by atoms with Crippen LogP contribution in [-0.2, 0) is 0 Å². The van der Waals surface area contributed by atoms with E-state index in [-0.39, 0.29) is 6.10 Å². The summed E-state index contributed by atoms with van der Waals surface area (Å²) in [6.45, 7) is 6.55. The van der Waals surface area contributed by atoms with E-state index in [1.54, 1.807) is 13.0 Å². The number of aromatic nitrogens is 2. The fourth-order valence-electron chi connectivity index (χ4n) is 1.31. The van der Waals surface area contributed by atoms with Crippen LogP contribution in [0.5, 0.6) is 5.88 Å². The number of hydrogen-bond donors (Lipinski definition) is 3. The molecule has 1 atom stereocenters. The van der Waals surface area contributed by atoms with Crippen LogP contribution in [0.1, 0.15) is 20.3 Å². The first-order valence-electron chi connectivity index (χ1n) is 6.30. The fraction of sp³-hybridized carbons (Fsp3) is 0.667. The summed E-state index contributed by atoms with van der Waals surface area (Å²) in [7, 11) is 0. The quantitative estimate of drug-likeness (QED) is 0.561. The highest BCUT2D eigenvalue weighted by molar-refractivity contribution is 5.36. The normalized spacial score (nSPS) is 12.2. The molecule has 1 unspecified atom stereocenters. The topological polar surface area (TPSA) is 79.3 Å². The van der Waals surface area contributed by atoms with Crippen molar-refractivity contribution in [2.75, 3.05) is 31.6 Å². The Hall–Kier alpha value is -1.40. The van der Waals surface area contributed by atoms with Crippen LogP contribution >= 0.6 is 0 Å². The van der Waals surface area contributed by atoms with Crippen molar-refractivity contribution in [1.29, 1.82) is 0 Å². The van der Waals surface area contributed by atoms with Gasteiger partial charge in [0.2, 0.25) is 5.88 Å². The molecule has 0 aliphatic carbocycles. The molecule has 6 heteroatoms. The van der Waals surface area contributed by atoms with Crippen LogP contribution < -0.4 is 15.4 Å². The molecule has 0 saturated carbocycles. The van der Waals surface area contributed by atoms with Crippen LogP contribution in [0, 0.1) is 0 Å². The Labute approximate surface area is 108 Å². The Morgan fingerprint density at radius 2 is 2.22 bits per heavy atom. The molecular weight excluding hydrogens is 232 g/mol. The van der Waals surface area contributed by atoms with Gasteiger partial charge in [0.15, 0.2) is 0 Å². The summed E-state index contributed by atoms with van der Waals surface area (Å²) in [6.07, 6.45) is 2.12. The zero-order chi connectivity index (χ0) is 13.2. The van der Waals surface area contributed by atoms with Crippen molar-refractivity contribution in [3.05, 3.63) is 12.4 Å². The van der Waals surface area contributed by atoms with Gasteiger partial charge in [-0.05, 0) is 13.3 Å². The molecular formula is C12H22N4O2. The van der Waals surface area contributed by atoms with Gasteiger partial charge in [-0.3, -0.25) is 0 Å². The molecule has 3 N–H and O–H groups in total. The lowest BCUT2D eigenvalue weighted by molar-refractivity contribution is 0.192. The molecule has 0 saturated heterocycles. The lowest BCUT2D eigenvalue weighted by Gasteiger charge is -2.09. The predicted octanol–water partition coefficient (Wildman–Crippen LogP) is 0.648. The van der Waals surface area contributed by atoms with Crippen LogP contribution in [0.25, 0.3) is 0 Å². The molecule has 0 bridgehead atoms. The molecule has 0 amide bonds. The molecule has 0 aliphatic rings. The van der Waals surface area contributed by atoms with E-state index < -0.39 is 0 Å². The second kappa shape index (κ2) is 8.66. The number of hydrogen-bond acceptors (Lipinski definition) is 6. The van der Waals surface area contributed by atoms with Gasteiger partial charge in [0, 0.05) is 25.7 Å². The van der Waals surface area contributed by atoms with Gasteiger partial charge in [0.05, 0.1) is 12.7 Å². The Balaban J connectivity index is 2.24. The Kier molecular flexibility index (Phi) is 7.05. The van der Waals surface area contributed by atoms with Crippen molar-refractivity contribution < 1.29 is 9.84 Å². The van der Waals surface area contributed by atoms with Crippen molar-refractivity contribution in [2.45, 2.75) is 26.4 Å². The van der Waals surface area contributed by atoms with Crippen LogP contribution in [0.15, 0.2) is 12.4 Å². The summed E-state index contributed by atoms with van der Waals surface area (Å²) < 4.78 is 5.41. The van der Waals surface area contributed by atoms with Crippen molar-refractivity contribution in [3.8, 4) is 5.88 Å². The number of anilines is 1. The maximum Gasteiger partial charge on any atom is 0.218 e. The van der Waals surface area contributed by atoms with Gasteiger partial charge in [-0.15, -0.1) is 0 Å². The molecule has 0 radical (unpaired) electrons. The lowest BCUT2D eigenvalue weighted by Crippen LogP contribution is -2.29. The van der Waals surface area contributed by atoms with Crippen molar-refractivity contribution in [3.63, 3.8) is 0 Å². The van der Waals surface area contributed by atoms with Crippen LogP contribution in [-0.4, -0.2) is 47.4 Å². The summed E-state index contributed by atoms with van der Waals surface area (Å²) in [5.41, 5.74) is 0. The summed E-state index contributed by atoms with van der Waals surface area (Å²) in [5, 5.41) is 15.3. The van der Waals surface area contributed by atoms with Crippen molar-refractivity contribution in [1.82, 2.24) is 15.3 Å². The highest BCUT2D eigenvalue weighted by Crippen LogP contribution is 2.10. The zero-order valence-electron chi connectivity index (χ0n) is 11.0. The minimum Gasteiger partial charge on any atom is -0.478 e. The highest BCUT2D eigenvalue weighted by atomic mass is 16.5. The zero-order valence-corrected chi connectivity index (χ0v) is 11.0. The van der Waals surface area contributed by atoms with E-state index in [4.69, 9.17) is 9.84 Å². The van der Waals surface area contributed by atoms with Gasteiger partial charge in [-0.2, -0.15) is 0 Å². The Morgan fingerprint density at radius 3 is 2.94 bits per heavy atom. The van der Waals surface area contributed by atoms with Crippen LogP contribution in [0.3, 0.4) is 0 Å². The van der Waals surface area contributed by atoms with Gasteiger partial charge >= 0.3 is 0 Å². The first-order chi connectivity index (χ1) is 8.72. The maximum absolute atomic E-state index is 9.07. The molecule has 0 spiro atoms. The average Bonchev–Trinajstić information content (AvgIpc) is 2.36. The number of nitrogens with one attached hydrogen (secondary N) is 2. The molecule has 18 heavy (non-hydrogen) atoms. The second-order valence-electron chi connectivity index (χ2n) is 4.07. The number of ether oxygens (including phenoxy) is 1. The van der Waals surface area contributed by atoms with Gasteiger partial charge in [0.25, 0.3) is 0 Å². The maximum atomic E-state index is 9.07. The third-order valence-corrected chi connectivity index (χ3v) is 2.14. The van der Waals surface area contributed by atoms with E-state index in [9.17, 15) is 0 Å². The molecule has 6 nitrogen and oxygen atoms in total. The summed E-state index contributed by atoms with van der Waals surface area (Å²) in [5.74, 6) is 1.33. The Morgan fingerprint density at radius 1 is 1.39 bits per heavy atom. The first-order valence-corrected chi connectivity index (χ1v) is 6.30. The highest BCUT2D eigenvalue weighted by Gasteiger charge is 1.99. The molecule has 1 aromatic rings. The number of nitrogens with zero attached hydrogens (tertiary/aromatic N) is 2. The monoisotopic (exact) mass is 254 g/mol. The summed E-state index contributed by atoms with van der Waals surface area (Å²) in [6, 6.07) is 1.78. The molecule has 1 aromatic heterocycles. The average molecular weight is 254 g/mol. The minimum absolute atomic E-state index is 0.321. The number of aliphatic hydroxyl groups excluding tert-OH is 1. The van der Waals surface area contributed by atoms with E-state index in [1.165, 1.54) is 6.33 Å². The van der Waals surface area contributed by atoms with Gasteiger partial charge in [0.1, 0.15) is 12.1 Å². The molecule has 1 heterocycles. The van der Waals surface area contributed by atoms with E-state index in [1.807, 2.05) is 6.92 Å². The summed E-state index contributed by atoms with van der Waals surface area (Å²) >= 11 is 0. The number of rotatable bonds is 9. The third kappa shape index (κ3) is 6.36. The molecule has 1 rings (SSSR count). The van der Waals surface area contributed by atoms with E-state index in [0.29, 0.717) is 19.0 Å². The van der Waals surface area contributed by atoms with Gasteiger partial charge < -0.3 is 20.5 Å². The Bertz CT molecular complexity index is 334. The smallest absolute Gasteiger partial charge is 0.218 e. The lowest BCUT2D eigenvalue weighted by atomic mass is 10.4. The predicted molar refractivity (Wildman–Crippen MR) is 70.9 cm³/mol. The van der Waals surface area contributed by atoms with Gasteiger partial charge in [-0.25, -0.2) is 9.97 Å². The molecule has 0 aliphatic heterocycles. The SMILES string of the molecule is CCCOc1cc(NCCNCC(C)O)ncn1. The van der Waals surface area contributed by atoms with Crippen molar-refractivity contribution >= 4 is 5.82 Å². The van der Waals surface area contributed by atoms with E-state index in [2.05, 4.69) is 20.6 Å². The third-order valence-electron chi connectivity index (χ3n) is 2.14. The van der Waals surface area contributed by atoms with Gasteiger partial charge in [-0.1, -0.05) is 6.92 Å². The van der Waals surface area contributed by atoms with Crippen LogP contribution in [0.4, 0.5) is 5.82 Å². The van der Waals surface area contributed by atoms with Crippen LogP contribution in [0.2, 0.25) is 0 Å². The van der Waals surface area contributed by atoms with E-state index in [0.717, 1.165) is 25.3 Å². The standard InChI is InChI=1S/C12H22N4O2/c1-3-6-18-12-7-11(15-9-16-12)14-5-4-13-8-10(2)17/h7,9-10,13,17H,3-6,8H2,1-2H3,(H,14,15,16). The van der Waals surface area contributed by atoms with E-state index >= 15 is 0 Å². The largest absolute Gasteiger partial charge is 0.478 e. The first kappa shape index (κ1) is 14.7. The molecule has 0 aromatic carbocycles. The minimum atomic E-state index is -0.321. The molecule has 102 valence electrons. The summed E-state index contributed by atoms with van der Waals surface area (Å²) in [4.78, 5) is 8.12. The number of aliphatic hydroxyl groups is 1. The molecule has 0 fully saturated rings. The van der Waals surface area contributed by atoms with Crippen molar-refractivity contribution in [2.24, 2.45) is 0 Å².